The van der Waals surface area contributed by atoms with Crippen LogP contribution in [0.2, 0.25) is 0 Å². The zero-order valence-electron chi connectivity index (χ0n) is 10.1. The topological polar surface area (TPSA) is 52.3 Å². The lowest BCUT2D eigenvalue weighted by molar-refractivity contribution is 0.188. The van der Waals surface area contributed by atoms with Crippen LogP contribution in [0.3, 0.4) is 0 Å². The van der Waals surface area contributed by atoms with Gasteiger partial charge in [0.1, 0.15) is 0 Å². The second-order valence-electron chi connectivity index (χ2n) is 3.28. The van der Waals surface area contributed by atoms with Gasteiger partial charge in [-0.15, -0.1) is 0 Å². The smallest absolute Gasteiger partial charge is 0.244 e. The SMILES string of the molecule is [C-]#[N+]CC(O)c1ccc(OC)c(OC)c1OC. The molecule has 1 rings (SSSR count). The summed E-state index contributed by atoms with van der Waals surface area (Å²) < 4.78 is 15.5. The molecule has 0 saturated heterocycles. The molecule has 17 heavy (non-hydrogen) atoms. The molecule has 0 radical (unpaired) electrons. The van der Waals surface area contributed by atoms with Crippen molar-refractivity contribution in [3.8, 4) is 17.2 Å². The van der Waals surface area contributed by atoms with E-state index < -0.39 is 6.10 Å². The molecule has 1 aromatic carbocycles. The molecular weight excluding hydrogens is 222 g/mol. The molecule has 0 fully saturated rings. The molecule has 0 aliphatic carbocycles. The van der Waals surface area contributed by atoms with Gasteiger partial charge in [-0.2, -0.15) is 0 Å². The first-order valence-electron chi connectivity index (χ1n) is 4.99. The van der Waals surface area contributed by atoms with Crippen LogP contribution < -0.4 is 14.2 Å². The van der Waals surface area contributed by atoms with E-state index in [4.69, 9.17) is 20.8 Å². The quantitative estimate of drug-likeness (QED) is 0.791. The van der Waals surface area contributed by atoms with E-state index in [1.165, 1.54) is 21.3 Å². The Morgan fingerprint density at radius 3 is 2.29 bits per heavy atom. The Morgan fingerprint density at radius 1 is 1.18 bits per heavy atom. The van der Waals surface area contributed by atoms with E-state index in [9.17, 15) is 5.11 Å². The van der Waals surface area contributed by atoms with E-state index in [1.807, 2.05) is 0 Å². The molecule has 0 heterocycles. The molecule has 0 aliphatic heterocycles. The standard InChI is InChI=1S/C12H15NO4/c1-13-7-9(14)8-5-6-10(15-2)12(17-4)11(8)16-3/h5-6,9,14H,7H2,2-4H3. The number of hydrogen-bond donors (Lipinski definition) is 1. The minimum atomic E-state index is -0.901. The summed E-state index contributed by atoms with van der Waals surface area (Å²) >= 11 is 0. The lowest BCUT2D eigenvalue weighted by Gasteiger charge is -2.16. The Morgan fingerprint density at radius 2 is 1.82 bits per heavy atom. The Hall–Kier alpha value is -1.93. The minimum absolute atomic E-state index is 0.0220. The number of methoxy groups -OCH3 is 3. The Labute approximate surface area is 100 Å². The van der Waals surface area contributed by atoms with Crippen LogP contribution in [-0.4, -0.2) is 33.0 Å². The minimum Gasteiger partial charge on any atom is -0.493 e. The van der Waals surface area contributed by atoms with Crippen molar-refractivity contribution < 1.29 is 19.3 Å². The fourth-order valence-electron chi connectivity index (χ4n) is 1.57. The van der Waals surface area contributed by atoms with E-state index in [-0.39, 0.29) is 6.54 Å². The molecule has 1 unspecified atom stereocenters. The van der Waals surface area contributed by atoms with Gasteiger partial charge in [-0.25, -0.2) is 6.57 Å². The highest BCUT2D eigenvalue weighted by atomic mass is 16.5. The molecule has 1 atom stereocenters. The first-order chi connectivity index (χ1) is 8.19. The maximum absolute atomic E-state index is 9.83. The number of ether oxygens (including phenoxy) is 3. The van der Waals surface area contributed by atoms with Crippen molar-refractivity contribution in [2.24, 2.45) is 0 Å². The predicted molar refractivity (Wildman–Crippen MR) is 62.5 cm³/mol. The van der Waals surface area contributed by atoms with Gasteiger partial charge >= 0.3 is 0 Å². The van der Waals surface area contributed by atoms with Crippen molar-refractivity contribution in [3.63, 3.8) is 0 Å². The number of rotatable bonds is 5. The fraction of sp³-hybridized carbons (Fsp3) is 0.417. The summed E-state index contributed by atoms with van der Waals surface area (Å²) in [4.78, 5) is 3.16. The summed E-state index contributed by atoms with van der Waals surface area (Å²) in [7, 11) is 4.49. The van der Waals surface area contributed by atoms with Crippen molar-refractivity contribution in [3.05, 3.63) is 29.1 Å². The predicted octanol–water partition coefficient (Wildman–Crippen LogP) is 1.67. The van der Waals surface area contributed by atoms with E-state index in [2.05, 4.69) is 4.85 Å². The first-order valence-corrected chi connectivity index (χ1v) is 4.99. The number of aliphatic hydroxyl groups is 1. The highest BCUT2D eigenvalue weighted by molar-refractivity contribution is 5.56. The normalized spacial score (nSPS) is 11.5. The molecule has 5 nitrogen and oxygen atoms in total. The number of nitrogens with zero attached hydrogens (tertiary/aromatic N) is 1. The van der Waals surface area contributed by atoms with Crippen LogP contribution in [0.4, 0.5) is 0 Å². The summed E-state index contributed by atoms with van der Waals surface area (Å²) in [5.74, 6) is 1.32. The van der Waals surface area contributed by atoms with Crippen LogP contribution in [0, 0.1) is 6.57 Å². The van der Waals surface area contributed by atoms with E-state index in [0.29, 0.717) is 22.8 Å². The van der Waals surface area contributed by atoms with E-state index >= 15 is 0 Å². The van der Waals surface area contributed by atoms with E-state index in [0.717, 1.165) is 0 Å². The molecule has 0 spiro atoms. The fourth-order valence-corrected chi connectivity index (χ4v) is 1.57. The van der Waals surface area contributed by atoms with Gasteiger partial charge < -0.3 is 24.2 Å². The maximum Gasteiger partial charge on any atom is 0.244 e. The molecule has 0 aromatic heterocycles. The Bertz CT molecular complexity index is 425. The van der Waals surface area contributed by atoms with Crippen molar-refractivity contribution in [2.45, 2.75) is 6.10 Å². The highest BCUT2D eigenvalue weighted by Crippen LogP contribution is 2.41. The molecular formula is C12H15NO4. The molecule has 0 saturated carbocycles. The van der Waals surface area contributed by atoms with Crippen molar-refractivity contribution in [1.82, 2.24) is 0 Å². The van der Waals surface area contributed by atoms with Crippen molar-refractivity contribution in [1.29, 1.82) is 0 Å². The first kappa shape index (κ1) is 13.1. The van der Waals surface area contributed by atoms with Crippen LogP contribution in [0.5, 0.6) is 17.2 Å². The third-order valence-corrected chi connectivity index (χ3v) is 2.36. The van der Waals surface area contributed by atoms with E-state index in [1.54, 1.807) is 12.1 Å². The number of benzene rings is 1. The maximum atomic E-state index is 9.83. The second kappa shape index (κ2) is 5.97. The van der Waals surface area contributed by atoms with Gasteiger partial charge in [-0.05, 0) is 12.1 Å². The molecule has 0 aliphatic rings. The van der Waals surface area contributed by atoms with Crippen LogP contribution in [0.15, 0.2) is 12.1 Å². The molecule has 1 N–H and O–H groups in total. The van der Waals surface area contributed by atoms with Gasteiger partial charge in [-0.3, -0.25) is 0 Å². The third-order valence-electron chi connectivity index (χ3n) is 2.36. The largest absolute Gasteiger partial charge is 0.493 e. The summed E-state index contributed by atoms with van der Waals surface area (Å²) in [6, 6.07) is 3.33. The highest BCUT2D eigenvalue weighted by Gasteiger charge is 2.22. The Balaban J connectivity index is 3.28. The average Bonchev–Trinajstić information content (AvgIpc) is 2.36. The van der Waals surface area contributed by atoms with Crippen molar-refractivity contribution in [2.75, 3.05) is 27.9 Å². The van der Waals surface area contributed by atoms with Gasteiger partial charge in [-0.1, -0.05) is 0 Å². The van der Waals surface area contributed by atoms with Crippen LogP contribution in [0.25, 0.3) is 4.85 Å². The van der Waals surface area contributed by atoms with Crippen LogP contribution >= 0.6 is 0 Å². The van der Waals surface area contributed by atoms with Gasteiger partial charge in [0.15, 0.2) is 17.6 Å². The second-order valence-corrected chi connectivity index (χ2v) is 3.28. The molecule has 92 valence electrons. The van der Waals surface area contributed by atoms with Gasteiger partial charge in [0.05, 0.1) is 21.3 Å². The summed E-state index contributed by atoms with van der Waals surface area (Å²) in [5.41, 5.74) is 0.515. The zero-order chi connectivity index (χ0) is 12.8. The lowest BCUT2D eigenvalue weighted by Crippen LogP contribution is -2.05. The molecule has 1 aromatic rings. The van der Waals surface area contributed by atoms with Gasteiger partial charge in [0.25, 0.3) is 0 Å². The van der Waals surface area contributed by atoms with Crippen LogP contribution in [-0.2, 0) is 0 Å². The molecule has 0 bridgehead atoms. The summed E-state index contributed by atoms with van der Waals surface area (Å²) in [6.45, 7) is 6.73. The monoisotopic (exact) mass is 237 g/mol. The van der Waals surface area contributed by atoms with Gasteiger partial charge in [0.2, 0.25) is 12.3 Å². The number of hydrogen-bond acceptors (Lipinski definition) is 4. The Kier molecular flexibility index (Phi) is 4.61. The molecule has 5 heteroatoms. The lowest BCUT2D eigenvalue weighted by atomic mass is 10.1. The third kappa shape index (κ3) is 2.60. The molecule has 0 amide bonds. The summed E-state index contributed by atoms with van der Waals surface area (Å²) in [6.07, 6.45) is -0.901. The average molecular weight is 237 g/mol. The van der Waals surface area contributed by atoms with Gasteiger partial charge in [0, 0.05) is 5.56 Å². The number of aliphatic hydroxyl groups excluding tert-OH is 1. The zero-order valence-corrected chi connectivity index (χ0v) is 10.1. The summed E-state index contributed by atoms with van der Waals surface area (Å²) in [5, 5.41) is 9.83. The van der Waals surface area contributed by atoms with Crippen molar-refractivity contribution >= 4 is 0 Å². The van der Waals surface area contributed by atoms with Crippen LogP contribution in [0.1, 0.15) is 11.7 Å².